The van der Waals surface area contributed by atoms with E-state index >= 15 is 0 Å². The first-order chi connectivity index (χ1) is 16.1. The lowest BCUT2D eigenvalue weighted by Gasteiger charge is -2.12. The molecule has 6 aromatic rings. The Morgan fingerprint density at radius 1 is 0.939 bits per heavy atom. The highest BCUT2D eigenvalue weighted by Gasteiger charge is 2.26. The number of nitriles is 1. The summed E-state index contributed by atoms with van der Waals surface area (Å²) >= 11 is 6.08. The van der Waals surface area contributed by atoms with Crippen LogP contribution >= 0.6 is 11.6 Å². The van der Waals surface area contributed by atoms with Gasteiger partial charge in [0.15, 0.2) is 5.65 Å². The second-order valence-electron chi connectivity index (χ2n) is 7.68. The number of benzene rings is 3. The molecule has 0 unspecified atom stereocenters. The molecule has 156 valence electrons. The molecule has 0 aliphatic carbocycles. The highest BCUT2D eigenvalue weighted by molar-refractivity contribution is 6.30. The lowest BCUT2D eigenvalue weighted by molar-refractivity contribution is 1.02. The van der Waals surface area contributed by atoms with E-state index in [1.165, 1.54) is 4.57 Å². The van der Waals surface area contributed by atoms with E-state index in [1.807, 2.05) is 54.6 Å². The Labute approximate surface area is 192 Å². The maximum atomic E-state index is 14.0. The van der Waals surface area contributed by atoms with Gasteiger partial charge in [-0.25, -0.2) is 4.98 Å². The summed E-state index contributed by atoms with van der Waals surface area (Å²) in [7, 11) is 0. The predicted molar refractivity (Wildman–Crippen MR) is 128 cm³/mol. The minimum Gasteiger partial charge on any atom is -0.288 e. The smallest absolute Gasteiger partial charge is 0.267 e. The van der Waals surface area contributed by atoms with Crippen LogP contribution in [-0.2, 0) is 0 Å². The van der Waals surface area contributed by atoms with E-state index in [2.05, 4.69) is 6.07 Å². The maximum absolute atomic E-state index is 14.0. The Morgan fingerprint density at radius 3 is 2.36 bits per heavy atom. The van der Waals surface area contributed by atoms with E-state index < -0.39 is 0 Å². The van der Waals surface area contributed by atoms with Gasteiger partial charge in [0.1, 0.15) is 22.6 Å². The molecular weight excluding hydrogens is 434 g/mol. The zero-order chi connectivity index (χ0) is 22.7. The number of halogens is 1. The van der Waals surface area contributed by atoms with Gasteiger partial charge in [-0.1, -0.05) is 54.1 Å². The standard InChI is InChI=1S/C26H14ClN5O/c27-16-10-12-17(13-11-16)31-25-23-22(26(31)33)21(15-6-2-1-3-7-15)18(14-28)24(29)32(23)20-9-5-4-8-19(20)30-25/h1-13,29H. The van der Waals surface area contributed by atoms with Crippen molar-refractivity contribution in [2.45, 2.75) is 0 Å². The van der Waals surface area contributed by atoms with Gasteiger partial charge in [-0.05, 0) is 42.0 Å². The van der Waals surface area contributed by atoms with Crippen molar-refractivity contribution < 1.29 is 0 Å². The number of aromatic nitrogens is 3. The van der Waals surface area contributed by atoms with Crippen LogP contribution in [-0.4, -0.2) is 14.0 Å². The average Bonchev–Trinajstić information content (AvgIpc) is 3.13. The van der Waals surface area contributed by atoms with E-state index in [9.17, 15) is 10.1 Å². The first-order valence-electron chi connectivity index (χ1n) is 10.2. The van der Waals surface area contributed by atoms with Gasteiger partial charge in [0.2, 0.25) is 0 Å². The van der Waals surface area contributed by atoms with Crippen molar-refractivity contribution in [1.82, 2.24) is 14.0 Å². The van der Waals surface area contributed by atoms with Crippen molar-refractivity contribution in [1.29, 1.82) is 10.7 Å². The molecule has 3 aromatic heterocycles. The maximum Gasteiger partial charge on any atom is 0.267 e. The number of nitrogens with one attached hydrogen (secondary N) is 1. The van der Waals surface area contributed by atoms with E-state index in [1.54, 1.807) is 28.7 Å². The zero-order valence-corrected chi connectivity index (χ0v) is 17.8. The number of hydrogen-bond donors (Lipinski definition) is 1. The molecule has 0 radical (unpaired) electrons. The minimum absolute atomic E-state index is 0.0145. The van der Waals surface area contributed by atoms with Crippen molar-refractivity contribution in [2.24, 2.45) is 0 Å². The lowest BCUT2D eigenvalue weighted by Crippen LogP contribution is -2.20. The molecular formula is C26H14ClN5O. The van der Waals surface area contributed by atoms with E-state index in [0.717, 1.165) is 0 Å². The first kappa shape index (κ1) is 19.2. The van der Waals surface area contributed by atoms with Crippen LogP contribution in [0.15, 0.2) is 83.7 Å². The van der Waals surface area contributed by atoms with E-state index in [0.29, 0.717) is 49.4 Å². The minimum atomic E-state index is -0.303. The molecule has 33 heavy (non-hydrogen) atoms. The summed E-state index contributed by atoms with van der Waals surface area (Å²) in [6, 6.07) is 25.8. The van der Waals surface area contributed by atoms with Crippen LogP contribution in [0.5, 0.6) is 0 Å². The molecule has 3 aromatic carbocycles. The summed E-state index contributed by atoms with van der Waals surface area (Å²) in [6.07, 6.45) is 0. The summed E-state index contributed by atoms with van der Waals surface area (Å²) in [5, 5.41) is 20.0. The molecule has 6 rings (SSSR count). The van der Waals surface area contributed by atoms with Crippen LogP contribution in [0, 0.1) is 16.7 Å². The number of rotatable bonds is 2. The SMILES string of the molecule is N#Cc1c(-c2ccccc2)c2c(=O)n(-c3ccc(Cl)cc3)c3nc4ccccc4n(c1=N)c23. The van der Waals surface area contributed by atoms with Crippen molar-refractivity contribution in [3.8, 4) is 22.9 Å². The molecule has 0 spiro atoms. The predicted octanol–water partition coefficient (Wildman–Crippen LogP) is 4.90. The average molecular weight is 448 g/mol. The molecule has 6 nitrogen and oxygen atoms in total. The van der Waals surface area contributed by atoms with Gasteiger partial charge >= 0.3 is 0 Å². The van der Waals surface area contributed by atoms with Gasteiger partial charge in [-0.3, -0.25) is 19.2 Å². The second kappa shape index (κ2) is 7.02. The topological polar surface area (TPSA) is 86.9 Å². The Bertz CT molecular complexity index is 1860. The lowest BCUT2D eigenvalue weighted by atomic mass is 9.98. The number of pyridine rings is 1. The normalized spacial score (nSPS) is 11.4. The van der Waals surface area contributed by atoms with Crippen molar-refractivity contribution >= 4 is 39.2 Å². The number of nitrogens with zero attached hydrogens (tertiary/aromatic N) is 4. The van der Waals surface area contributed by atoms with Gasteiger partial charge in [-0.2, -0.15) is 5.26 Å². The second-order valence-corrected chi connectivity index (χ2v) is 8.11. The molecule has 7 heteroatoms. The van der Waals surface area contributed by atoms with Crippen LogP contribution < -0.4 is 11.0 Å². The van der Waals surface area contributed by atoms with Gasteiger partial charge in [0, 0.05) is 10.6 Å². The summed E-state index contributed by atoms with van der Waals surface area (Å²) < 4.78 is 3.19. The van der Waals surface area contributed by atoms with Crippen molar-refractivity contribution in [3.05, 3.63) is 105 Å². The monoisotopic (exact) mass is 447 g/mol. The third-order valence-corrected chi connectivity index (χ3v) is 6.12. The van der Waals surface area contributed by atoms with E-state index in [-0.39, 0.29) is 16.6 Å². The molecule has 0 fully saturated rings. The summed E-state index contributed by atoms with van der Waals surface area (Å²) in [5.74, 6) is 0. The third-order valence-electron chi connectivity index (χ3n) is 5.87. The van der Waals surface area contributed by atoms with Gasteiger partial charge in [-0.15, -0.1) is 0 Å². The highest BCUT2D eigenvalue weighted by atomic mass is 35.5. The molecule has 0 bridgehead atoms. The quantitative estimate of drug-likeness (QED) is 0.383. The van der Waals surface area contributed by atoms with Crippen molar-refractivity contribution in [2.75, 3.05) is 0 Å². The zero-order valence-electron chi connectivity index (χ0n) is 17.1. The van der Waals surface area contributed by atoms with Gasteiger partial charge in [0.05, 0.1) is 22.1 Å². The highest BCUT2D eigenvalue weighted by Crippen LogP contribution is 2.33. The molecule has 0 atom stereocenters. The molecule has 0 aliphatic heterocycles. The molecule has 3 heterocycles. The molecule has 1 N–H and O–H groups in total. The number of hydrogen-bond acceptors (Lipinski definition) is 4. The van der Waals surface area contributed by atoms with Crippen molar-refractivity contribution in [3.63, 3.8) is 0 Å². The van der Waals surface area contributed by atoms with Crippen LogP contribution in [0.4, 0.5) is 0 Å². The van der Waals surface area contributed by atoms with Crippen LogP contribution in [0.3, 0.4) is 0 Å². The number of para-hydroxylation sites is 2. The first-order valence-corrected chi connectivity index (χ1v) is 10.6. The molecule has 0 saturated heterocycles. The molecule has 0 amide bonds. The van der Waals surface area contributed by atoms with Gasteiger partial charge in [0.25, 0.3) is 5.56 Å². The number of fused-ring (bicyclic) bond motifs is 2. The van der Waals surface area contributed by atoms with Crippen LogP contribution in [0.2, 0.25) is 5.02 Å². The Hall–Kier alpha value is -4.47. The summed E-state index contributed by atoms with van der Waals surface area (Å²) in [5.41, 5.74) is 3.82. The van der Waals surface area contributed by atoms with E-state index in [4.69, 9.17) is 22.0 Å². The Balaban J connectivity index is 1.96. The van der Waals surface area contributed by atoms with Crippen LogP contribution in [0.1, 0.15) is 5.56 Å². The van der Waals surface area contributed by atoms with Gasteiger partial charge < -0.3 is 0 Å². The Morgan fingerprint density at radius 2 is 1.64 bits per heavy atom. The summed E-state index contributed by atoms with van der Waals surface area (Å²) in [6.45, 7) is 0. The third kappa shape index (κ3) is 2.63. The molecule has 0 aliphatic rings. The largest absolute Gasteiger partial charge is 0.288 e. The molecule has 0 saturated carbocycles. The fraction of sp³-hybridized carbons (Fsp3) is 0. The Kier molecular flexibility index (Phi) is 4.09. The van der Waals surface area contributed by atoms with Crippen LogP contribution in [0.25, 0.3) is 44.4 Å². The summed E-state index contributed by atoms with van der Waals surface area (Å²) in [4.78, 5) is 18.8. The fourth-order valence-corrected chi connectivity index (χ4v) is 4.59. The fourth-order valence-electron chi connectivity index (χ4n) is 4.47.